The number of hydrogen-bond donors (Lipinski definition) is 4. The minimum Gasteiger partial charge on any atom is -0.392 e. The number of hydrogen-bond acceptors (Lipinski definition) is 8. The van der Waals surface area contributed by atoms with Gasteiger partial charge in [0.05, 0.1) is 25.4 Å². The lowest BCUT2D eigenvalue weighted by Gasteiger charge is -2.39. The lowest BCUT2D eigenvalue weighted by molar-refractivity contribution is -0.253. The number of hydroxylamine groups is 1. The van der Waals surface area contributed by atoms with Crippen molar-refractivity contribution in [2.75, 3.05) is 26.8 Å². The molecule has 0 bridgehead atoms. The van der Waals surface area contributed by atoms with Gasteiger partial charge in [0.2, 0.25) is 11.8 Å². The van der Waals surface area contributed by atoms with Crippen molar-refractivity contribution in [3.8, 4) is 11.1 Å². The van der Waals surface area contributed by atoms with Crippen LogP contribution in [0.25, 0.3) is 11.1 Å². The first-order valence-corrected chi connectivity index (χ1v) is 17.6. The first-order chi connectivity index (χ1) is 23.9. The molecule has 10 heteroatoms. The van der Waals surface area contributed by atoms with E-state index in [2.05, 4.69) is 40.5 Å². The molecule has 264 valence electrons. The van der Waals surface area contributed by atoms with Crippen LogP contribution in [-0.4, -0.2) is 66.0 Å². The van der Waals surface area contributed by atoms with Crippen LogP contribution in [0.4, 0.5) is 0 Å². The van der Waals surface area contributed by atoms with Crippen molar-refractivity contribution in [2.24, 2.45) is 0 Å². The summed E-state index contributed by atoms with van der Waals surface area (Å²) in [5.41, 5.74) is 7.63. The minimum absolute atomic E-state index is 0.00433. The summed E-state index contributed by atoms with van der Waals surface area (Å²) in [4.78, 5) is 26.1. The Labute approximate surface area is 289 Å². The summed E-state index contributed by atoms with van der Waals surface area (Å²) in [7, 11) is 1.76. The fourth-order valence-corrected chi connectivity index (χ4v) is 6.81. The summed E-state index contributed by atoms with van der Waals surface area (Å²) in [5.74, 6) is -0.375. The second-order valence-electron chi connectivity index (χ2n) is 13.1. The van der Waals surface area contributed by atoms with Gasteiger partial charge in [-0.1, -0.05) is 73.5 Å². The van der Waals surface area contributed by atoms with Crippen molar-refractivity contribution < 1.29 is 34.1 Å². The van der Waals surface area contributed by atoms with E-state index < -0.39 is 6.29 Å². The monoisotopic (exact) mass is 673 g/mol. The largest absolute Gasteiger partial charge is 0.392 e. The van der Waals surface area contributed by atoms with E-state index in [1.54, 1.807) is 12.6 Å². The Bertz CT molecular complexity index is 1480. The molecule has 2 saturated heterocycles. The molecule has 2 aliphatic heterocycles. The average Bonchev–Trinajstić information content (AvgIpc) is 3.58. The molecule has 0 unspecified atom stereocenters. The van der Waals surface area contributed by atoms with Crippen LogP contribution in [0.3, 0.4) is 0 Å². The zero-order valence-corrected chi connectivity index (χ0v) is 28.5. The van der Waals surface area contributed by atoms with Crippen molar-refractivity contribution in [3.63, 3.8) is 0 Å². The molecule has 0 spiro atoms. The van der Waals surface area contributed by atoms with E-state index in [1.807, 2.05) is 42.5 Å². The van der Waals surface area contributed by atoms with Crippen LogP contribution in [0.1, 0.15) is 92.4 Å². The van der Waals surface area contributed by atoms with Gasteiger partial charge in [-0.15, -0.1) is 0 Å². The zero-order chi connectivity index (χ0) is 34.4. The third-order valence-corrected chi connectivity index (χ3v) is 9.50. The van der Waals surface area contributed by atoms with Crippen LogP contribution in [-0.2, 0) is 37.0 Å². The number of nitrogens with one attached hydrogen (secondary N) is 2. The fourth-order valence-electron chi connectivity index (χ4n) is 6.81. The molecular formula is C39H51N3O7. The van der Waals surface area contributed by atoms with Crippen LogP contribution in [0.15, 0.2) is 72.8 Å². The first kappa shape index (κ1) is 36.6. The fraction of sp³-hybridized carbons (Fsp3) is 0.487. The molecule has 2 fully saturated rings. The highest BCUT2D eigenvalue weighted by atomic mass is 16.7. The molecule has 5 rings (SSSR count). The first-order valence-electron chi connectivity index (χ1n) is 17.6. The third kappa shape index (κ3) is 10.9. The average molecular weight is 674 g/mol. The number of amides is 2. The van der Waals surface area contributed by atoms with Gasteiger partial charge < -0.3 is 24.6 Å². The smallest absolute Gasteiger partial charge is 0.243 e. The Morgan fingerprint density at radius 3 is 2.35 bits per heavy atom. The third-order valence-electron chi connectivity index (χ3n) is 9.50. The Morgan fingerprint density at radius 2 is 1.61 bits per heavy atom. The Kier molecular flexibility index (Phi) is 14.2. The molecule has 2 heterocycles. The van der Waals surface area contributed by atoms with Gasteiger partial charge >= 0.3 is 0 Å². The topological polar surface area (TPSA) is 130 Å². The van der Waals surface area contributed by atoms with Crippen LogP contribution >= 0.6 is 0 Å². The number of likely N-dealkylation sites (tertiary alicyclic amines) is 1. The van der Waals surface area contributed by atoms with Crippen LogP contribution in [0.5, 0.6) is 0 Å². The van der Waals surface area contributed by atoms with Crippen molar-refractivity contribution in [2.45, 2.75) is 95.5 Å². The number of nitrogens with zero attached hydrogens (tertiary/aromatic N) is 1. The predicted molar refractivity (Wildman–Crippen MR) is 186 cm³/mol. The Balaban J connectivity index is 1.22. The molecule has 0 aliphatic carbocycles. The molecule has 2 amide bonds. The number of aliphatic hydroxyl groups is 1. The lowest BCUT2D eigenvalue weighted by Crippen LogP contribution is -2.42. The summed E-state index contributed by atoms with van der Waals surface area (Å²) >= 11 is 0. The minimum atomic E-state index is -0.543. The predicted octanol–water partition coefficient (Wildman–Crippen LogP) is 5.96. The highest BCUT2D eigenvalue weighted by Gasteiger charge is 2.35. The van der Waals surface area contributed by atoms with Crippen molar-refractivity contribution >= 4 is 11.8 Å². The number of ether oxygens (including phenoxy) is 3. The van der Waals surface area contributed by atoms with E-state index >= 15 is 0 Å². The number of aliphatic hydroxyl groups excluding tert-OH is 1. The van der Waals surface area contributed by atoms with Crippen molar-refractivity contribution in [1.29, 1.82) is 0 Å². The second-order valence-corrected chi connectivity index (χ2v) is 13.1. The molecule has 3 aromatic rings. The zero-order valence-electron chi connectivity index (χ0n) is 28.5. The van der Waals surface area contributed by atoms with E-state index in [4.69, 9.17) is 19.4 Å². The Morgan fingerprint density at radius 1 is 0.878 bits per heavy atom. The van der Waals surface area contributed by atoms with E-state index in [1.165, 1.54) is 0 Å². The van der Waals surface area contributed by atoms with Crippen molar-refractivity contribution in [1.82, 2.24) is 15.7 Å². The summed E-state index contributed by atoms with van der Waals surface area (Å²) < 4.78 is 18.8. The highest BCUT2D eigenvalue weighted by Crippen LogP contribution is 2.39. The molecule has 3 aromatic carbocycles. The van der Waals surface area contributed by atoms with Gasteiger partial charge in [0, 0.05) is 51.1 Å². The summed E-state index contributed by atoms with van der Waals surface area (Å²) in [5, 5.41) is 21.2. The number of rotatable bonds is 17. The number of benzene rings is 3. The molecule has 2 aliphatic rings. The summed E-state index contributed by atoms with van der Waals surface area (Å²) in [6.45, 7) is 3.02. The number of methoxy groups -OCH3 is 1. The van der Waals surface area contributed by atoms with E-state index in [0.717, 1.165) is 91.6 Å². The van der Waals surface area contributed by atoms with Crippen molar-refractivity contribution in [3.05, 3.63) is 95.1 Å². The Hall–Kier alpha value is -3.64. The summed E-state index contributed by atoms with van der Waals surface area (Å²) in [6.07, 6.45) is 6.18. The maximum absolute atomic E-state index is 12.5. The SMILES string of the molecule is COC[C@@H]1CCCN1C[C@H]1C[C@@H](c2ccc(CO)cc2)O[C@@H](c2cccc(-c3cccc(CNC(=O)CCCCCCC(=O)NO)c3)c2)O1. The molecule has 0 aromatic heterocycles. The van der Waals surface area contributed by atoms with Gasteiger partial charge in [0.15, 0.2) is 6.29 Å². The van der Waals surface area contributed by atoms with Gasteiger partial charge in [0.1, 0.15) is 0 Å². The number of carbonyl (C=O) groups is 2. The van der Waals surface area contributed by atoms with Gasteiger partial charge in [-0.25, -0.2) is 5.48 Å². The van der Waals surface area contributed by atoms with Gasteiger partial charge in [-0.05, 0) is 72.2 Å². The lowest BCUT2D eigenvalue weighted by atomic mass is 9.98. The number of carbonyl (C=O) groups excluding carboxylic acids is 2. The molecule has 49 heavy (non-hydrogen) atoms. The standard InChI is InChI=1S/C39H51N3O7/c1-47-27-34-13-8-20-42(34)25-35-23-36(30-18-16-28(26-43)17-19-30)49-39(48-35)33-12-7-11-32(22-33)31-10-6-9-29(21-31)24-40-37(44)14-4-2-3-5-15-38(45)41-46/h6-7,9-12,16-19,21-22,34-36,39,43,46H,2-5,8,13-15,20,23-27H2,1H3,(H,40,44)(H,41,45)/t34-,35+,36-,39-/m0/s1. The molecular weight excluding hydrogens is 622 g/mol. The quantitative estimate of drug-likeness (QED) is 0.0785. The van der Waals surface area contributed by atoms with E-state index in [-0.39, 0.29) is 30.6 Å². The highest BCUT2D eigenvalue weighted by molar-refractivity contribution is 5.76. The molecule has 0 radical (unpaired) electrons. The van der Waals surface area contributed by atoms with Gasteiger partial charge in [0.25, 0.3) is 0 Å². The molecule has 10 nitrogen and oxygen atoms in total. The summed E-state index contributed by atoms with van der Waals surface area (Å²) in [6, 6.07) is 24.9. The van der Waals surface area contributed by atoms with Gasteiger partial charge in [-0.3, -0.25) is 19.7 Å². The maximum Gasteiger partial charge on any atom is 0.243 e. The van der Waals surface area contributed by atoms with E-state index in [0.29, 0.717) is 31.8 Å². The molecule has 4 atom stereocenters. The van der Waals surface area contributed by atoms with Gasteiger partial charge in [-0.2, -0.15) is 0 Å². The molecule has 0 saturated carbocycles. The van der Waals surface area contributed by atoms with E-state index in [9.17, 15) is 14.7 Å². The van der Waals surface area contributed by atoms with Crippen LogP contribution < -0.4 is 10.8 Å². The maximum atomic E-state index is 12.5. The van der Waals surface area contributed by atoms with Crippen LogP contribution in [0.2, 0.25) is 0 Å². The van der Waals surface area contributed by atoms with Crippen LogP contribution in [0, 0.1) is 0 Å². The molecule has 4 N–H and O–H groups in total. The number of unbranched alkanes of at least 4 members (excludes halogenated alkanes) is 3. The second kappa shape index (κ2) is 18.9. The normalized spacial score (nSPS) is 21.0.